The third-order valence-corrected chi connectivity index (χ3v) is 3.16. The predicted molar refractivity (Wildman–Crippen MR) is 68.7 cm³/mol. The van der Waals surface area contributed by atoms with E-state index in [1.165, 1.54) is 7.11 Å². The first-order valence-corrected chi connectivity index (χ1v) is 6.31. The van der Waals surface area contributed by atoms with Gasteiger partial charge in [0.1, 0.15) is 18.8 Å². The van der Waals surface area contributed by atoms with E-state index in [2.05, 4.69) is 4.74 Å². The average molecular weight is 281 g/mol. The van der Waals surface area contributed by atoms with Gasteiger partial charge in [-0.1, -0.05) is 30.3 Å². The maximum absolute atomic E-state index is 13.4. The van der Waals surface area contributed by atoms with Crippen molar-refractivity contribution in [1.82, 2.24) is 4.90 Å². The normalized spacial score (nSPS) is 21.6. The fraction of sp³-hybridized carbons (Fsp3) is 0.429. The van der Waals surface area contributed by atoms with E-state index in [4.69, 9.17) is 4.74 Å². The highest BCUT2D eigenvalue weighted by atomic mass is 19.1. The van der Waals surface area contributed by atoms with Crippen LogP contribution < -0.4 is 0 Å². The number of amides is 1. The zero-order valence-corrected chi connectivity index (χ0v) is 11.1. The van der Waals surface area contributed by atoms with Crippen molar-refractivity contribution in [3.05, 3.63) is 35.9 Å². The van der Waals surface area contributed by atoms with Crippen LogP contribution in [0.15, 0.2) is 30.3 Å². The second kappa shape index (κ2) is 6.36. The Hall–Kier alpha value is -2.11. The lowest BCUT2D eigenvalue weighted by molar-refractivity contribution is -0.145. The molecule has 1 aliphatic heterocycles. The second-order valence-electron chi connectivity index (χ2n) is 4.56. The number of ether oxygens (including phenoxy) is 2. The Morgan fingerprint density at radius 1 is 1.35 bits per heavy atom. The van der Waals surface area contributed by atoms with Crippen LogP contribution in [0.25, 0.3) is 0 Å². The Bertz CT molecular complexity index is 479. The van der Waals surface area contributed by atoms with Crippen molar-refractivity contribution in [2.75, 3.05) is 13.7 Å². The monoisotopic (exact) mass is 281 g/mol. The molecule has 2 atom stereocenters. The first-order chi connectivity index (χ1) is 9.61. The Kier molecular flexibility index (Phi) is 4.55. The van der Waals surface area contributed by atoms with E-state index < -0.39 is 24.3 Å². The van der Waals surface area contributed by atoms with Gasteiger partial charge in [0.15, 0.2) is 0 Å². The number of hydrogen-bond acceptors (Lipinski definition) is 4. The smallest absolute Gasteiger partial charge is 0.410 e. The molecule has 0 radical (unpaired) electrons. The Balaban J connectivity index is 1.95. The molecule has 1 aromatic rings. The first kappa shape index (κ1) is 14.3. The van der Waals surface area contributed by atoms with Gasteiger partial charge in [0.25, 0.3) is 0 Å². The molecule has 0 N–H and O–H groups in total. The Morgan fingerprint density at radius 3 is 2.70 bits per heavy atom. The third kappa shape index (κ3) is 3.26. The summed E-state index contributed by atoms with van der Waals surface area (Å²) in [5.74, 6) is -0.623. The van der Waals surface area contributed by atoms with Gasteiger partial charge in [0.2, 0.25) is 0 Å². The van der Waals surface area contributed by atoms with Crippen molar-refractivity contribution in [2.45, 2.75) is 25.2 Å². The molecule has 1 saturated heterocycles. The molecule has 1 amide bonds. The van der Waals surface area contributed by atoms with Gasteiger partial charge in [0.05, 0.1) is 13.7 Å². The van der Waals surface area contributed by atoms with E-state index >= 15 is 0 Å². The molecule has 1 aromatic carbocycles. The lowest BCUT2D eigenvalue weighted by Gasteiger charge is -2.21. The highest BCUT2D eigenvalue weighted by Gasteiger charge is 2.41. The largest absolute Gasteiger partial charge is 0.467 e. The highest BCUT2D eigenvalue weighted by molar-refractivity contribution is 5.82. The molecule has 0 aliphatic carbocycles. The van der Waals surface area contributed by atoms with Crippen molar-refractivity contribution < 1.29 is 23.5 Å². The van der Waals surface area contributed by atoms with Crippen molar-refractivity contribution in [3.8, 4) is 0 Å². The summed E-state index contributed by atoms with van der Waals surface area (Å²) in [7, 11) is 1.21. The lowest BCUT2D eigenvalue weighted by Crippen LogP contribution is -2.41. The van der Waals surface area contributed by atoms with Crippen molar-refractivity contribution in [3.63, 3.8) is 0 Å². The van der Waals surface area contributed by atoms with Crippen molar-refractivity contribution in [2.24, 2.45) is 0 Å². The summed E-state index contributed by atoms with van der Waals surface area (Å²) in [6.07, 6.45) is -1.99. The standard InChI is InChI=1S/C14H16FNO4/c1-19-13(17)12-7-11(15)8-16(12)14(18)20-9-10-5-3-2-4-6-10/h2-6,11-12H,7-9H2,1H3. The second-order valence-corrected chi connectivity index (χ2v) is 4.56. The van der Waals surface area contributed by atoms with Crippen LogP contribution in [0.4, 0.5) is 9.18 Å². The summed E-state index contributed by atoms with van der Waals surface area (Å²) in [6, 6.07) is 8.23. The van der Waals surface area contributed by atoms with E-state index in [1.54, 1.807) is 0 Å². The Labute approximate surface area is 116 Å². The molecular weight excluding hydrogens is 265 g/mol. The summed E-state index contributed by atoms with van der Waals surface area (Å²) in [5.41, 5.74) is 0.825. The molecule has 6 heteroatoms. The van der Waals surface area contributed by atoms with Gasteiger partial charge in [-0.2, -0.15) is 0 Å². The van der Waals surface area contributed by atoms with Crippen LogP contribution in [-0.4, -0.2) is 42.8 Å². The zero-order valence-electron chi connectivity index (χ0n) is 11.1. The number of methoxy groups -OCH3 is 1. The maximum atomic E-state index is 13.4. The number of carbonyl (C=O) groups excluding carboxylic acids is 2. The fourth-order valence-corrected chi connectivity index (χ4v) is 2.15. The SMILES string of the molecule is COC(=O)C1CC(F)CN1C(=O)OCc1ccccc1. The number of rotatable bonds is 3. The topological polar surface area (TPSA) is 55.8 Å². The van der Waals surface area contributed by atoms with Crippen LogP contribution in [0.1, 0.15) is 12.0 Å². The van der Waals surface area contributed by atoms with Crippen LogP contribution in [-0.2, 0) is 20.9 Å². The molecule has 20 heavy (non-hydrogen) atoms. The quantitative estimate of drug-likeness (QED) is 0.794. The summed E-state index contributed by atoms with van der Waals surface area (Å²) in [4.78, 5) is 24.5. The molecule has 0 bridgehead atoms. The number of likely N-dealkylation sites (tertiary alicyclic amines) is 1. The van der Waals surface area contributed by atoms with Crippen LogP contribution in [0.3, 0.4) is 0 Å². The van der Waals surface area contributed by atoms with Gasteiger partial charge in [-0.3, -0.25) is 4.90 Å². The molecule has 0 saturated carbocycles. The van der Waals surface area contributed by atoms with Crippen LogP contribution in [0.5, 0.6) is 0 Å². The number of carbonyl (C=O) groups is 2. The number of benzene rings is 1. The molecule has 2 unspecified atom stereocenters. The summed E-state index contributed by atoms with van der Waals surface area (Å²) >= 11 is 0. The molecule has 1 aliphatic rings. The van der Waals surface area contributed by atoms with E-state index in [9.17, 15) is 14.0 Å². The molecule has 1 fully saturated rings. The van der Waals surface area contributed by atoms with Gasteiger partial charge in [-0.05, 0) is 5.56 Å². The average Bonchev–Trinajstić information content (AvgIpc) is 2.87. The number of hydrogen-bond donors (Lipinski definition) is 0. The molecule has 0 spiro atoms. The third-order valence-electron chi connectivity index (χ3n) is 3.16. The van der Waals surface area contributed by atoms with Gasteiger partial charge < -0.3 is 9.47 Å². The molecule has 108 valence electrons. The summed E-state index contributed by atoms with van der Waals surface area (Å²) < 4.78 is 23.1. The molecule has 2 rings (SSSR count). The molecule has 5 nitrogen and oxygen atoms in total. The minimum Gasteiger partial charge on any atom is -0.467 e. The first-order valence-electron chi connectivity index (χ1n) is 6.31. The summed E-state index contributed by atoms with van der Waals surface area (Å²) in [5, 5.41) is 0. The number of halogens is 1. The van der Waals surface area contributed by atoms with E-state index in [0.29, 0.717) is 0 Å². The van der Waals surface area contributed by atoms with E-state index in [-0.39, 0.29) is 19.6 Å². The molecule has 1 heterocycles. The fourth-order valence-electron chi connectivity index (χ4n) is 2.15. The zero-order chi connectivity index (χ0) is 14.5. The number of esters is 1. The van der Waals surface area contributed by atoms with Crippen molar-refractivity contribution in [1.29, 1.82) is 0 Å². The predicted octanol–water partition coefficient (Wildman–Crippen LogP) is 1.91. The van der Waals surface area contributed by atoms with Gasteiger partial charge in [0, 0.05) is 6.42 Å². The number of alkyl halides is 1. The van der Waals surface area contributed by atoms with Crippen LogP contribution in [0.2, 0.25) is 0 Å². The van der Waals surface area contributed by atoms with Crippen molar-refractivity contribution >= 4 is 12.1 Å². The number of nitrogens with zero attached hydrogens (tertiary/aromatic N) is 1. The van der Waals surface area contributed by atoms with Crippen LogP contribution >= 0.6 is 0 Å². The van der Waals surface area contributed by atoms with Gasteiger partial charge >= 0.3 is 12.1 Å². The molecule has 0 aromatic heterocycles. The minimum absolute atomic E-state index is 0.0485. The minimum atomic E-state index is -1.23. The van der Waals surface area contributed by atoms with E-state index in [0.717, 1.165) is 10.5 Å². The Morgan fingerprint density at radius 2 is 2.05 bits per heavy atom. The van der Waals surface area contributed by atoms with Gasteiger partial charge in [-0.25, -0.2) is 14.0 Å². The van der Waals surface area contributed by atoms with Crippen LogP contribution in [0, 0.1) is 0 Å². The molecular formula is C14H16FNO4. The van der Waals surface area contributed by atoms with Gasteiger partial charge in [-0.15, -0.1) is 0 Å². The lowest BCUT2D eigenvalue weighted by atomic mass is 10.2. The van der Waals surface area contributed by atoms with E-state index in [1.807, 2.05) is 30.3 Å². The summed E-state index contributed by atoms with van der Waals surface area (Å²) in [6.45, 7) is -0.0611. The highest BCUT2D eigenvalue weighted by Crippen LogP contribution is 2.22. The maximum Gasteiger partial charge on any atom is 0.410 e.